The largest absolute Gasteiger partial charge is 0.310 e. The van der Waals surface area contributed by atoms with Gasteiger partial charge < -0.3 is 5.32 Å². The highest BCUT2D eigenvalue weighted by molar-refractivity contribution is 6.30. The van der Waals surface area contributed by atoms with Gasteiger partial charge in [-0.2, -0.15) is 0 Å². The van der Waals surface area contributed by atoms with Crippen molar-refractivity contribution in [2.24, 2.45) is 5.92 Å². The monoisotopic (exact) mass is 237 g/mol. The first kappa shape index (κ1) is 11.9. The first-order valence-electron chi connectivity index (χ1n) is 6.21. The molecule has 1 fully saturated rings. The molecule has 1 aromatic carbocycles. The van der Waals surface area contributed by atoms with Gasteiger partial charge in [0.1, 0.15) is 0 Å². The minimum atomic E-state index is 0.524. The molecule has 2 heteroatoms. The van der Waals surface area contributed by atoms with Crippen LogP contribution in [0.25, 0.3) is 0 Å². The Balaban J connectivity index is 2.23. The van der Waals surface area contributed by atoms with Gasteiger partial charge in [-0.3, -0.25) is 0 Å². The Kier molecular flexibility index (Phi) is 3.88. The minimum absolute atomic E-state index is 0.524. The molecule has 0 bridgehead atoms. The summed E-state index contributed by atoms with van der Waals surface area (Å²) >= 11 is 6.01. The summed E-state index contributed by atoms with van der Waals surface area (Å²) in [4.78, 5) is 0. The van der Waals surface area contributed by atoms with E-state index in [1.807, 2.05) is 6.07 Å². The second-order valence-corrected chi connectivity index (χ2v) is 5.16. The average molecular weight is 238 g/mol. The van der Waals surface area contributed by atoms with Crippen molar-refractivity contribution in [1.29, 1.82) is 0 Å². The quantitative estimate of drug-likeness (QED) is 0.832. The summed E-state index contributed by atoms with van der Waals surface area (Å²) in [7, 11) is 0. The summed E-state index contributed by atoms with van der Waals surface area (Å²) in [6.45, 7) is 5.37. The van der Waals surface area contributed by atoms with E-state index in [1.165, 1.54) is 30.4 Å². The molecule has 1 N–H and O–H groups in total. The number of hydrogen-bond acceptors (Lipinski definition) is 1. The lowest BCUT2D eigenvalue weighted by molar-refractivity contribution is 0.232. The van der Waals surface area contributed by atoms with Gasteiger partial charge in [0.05, 0.1) is 0 Å². The molecular formula is C14H20ClN. The van der Waals surface area contributed by atoms with Gasteiger partial charge in [0, 0.05) is 11.1 Å². The Hall–Kier alpha value is -0.530. The number of halogens is 1. The van der Waals surface area contributed by atoms with Crippen LogP contribution in [0.15, 0.2) is 18.2 Å². The maximum Gasteiger partial charge on any atom is 0.0408 e. The molecule has 16 heavy (non-hydrogen) atoms. The van der Waals surface area contributed by atoms with Crippen LogP contribution in [-0.2, 0) is 0 Å². The van der Waals surface area contributed by atoms with Crippen molar-refractivity contribution in [3.63, 3.8) is 0 Å². The Morgan fingerprint density at radius 3 is 2.69 bits per heavy atom. The number of aryl methyl sites for hydroxylation is 1. The van der Waals surface area contributed by atoms with E-state index in [9.17, 15) is 0 Å². The van der Waals surface area contributed by atoms with Crippen LogP contribution in [-0.4, -0.2) is 6.54 Å². The third-order valence-corrected chi connectivity index (χ3v) is 3.85. The molecule has 0 spiro atoms. The van der Waals surface area contributed by atoms with Gasteiger partial charge in [-0.25, -0.2) is 0 Å². The predicted molar refractivity (Wildman–Crippen MR) is 69.9 cm³/mol. The topological polar surface area (TPSA) is 12.0 Å². The molecule has 1 atom stereocenters. The van der Waals surface area contributed by atoms with Crippen LogP contribution in [0.3, 0.4) is 0 Å². The first-order valence-corrected chi connectivity index (χ1v) is 6.59. The second kappa shape index (κ2) is 5.20. The lowest BCUT2D eigenvalue weighted by Crippen LogP contribution is -2.32. The highest BCUT2D eigenvalue weighted by atomic mass is 35.5. The van der Waals surface area contributed by atoms with E-state index in [0.29, 0.717) is 6.04 Å². The van der Waals surface area contributed by atoms with Crippen molar-refractivity contribution in [1.82, 2.24) is 5.32 Å². The van der Waals surface area contributed by atoms with Gasteiger partial charge in [0.2, 0.25) is 0 Å². The van der Waals surface area contributed by atoms with Crippen LogP contribution < -0.4 is 5.32 Å². The van der Waals surface area contributed by atoms with E-state index >= 15 is 0 Å². The van der Waals surface area contributed by atoms with Crippen LogP contribution in [0.1, 0.15) is 43.4 Å². The standard InChI is InChI=1S/C14H20ClN/c1-3-16-14(11-5-4-6-11)13-8-7-12(15)9-10(13)2/h7-9,11,14,16H,3-6H2,1-2H3. The van der Waals surface area contributed by atoms with Crippen LogP contribution in [0, 0.1) is 12.8 Å². The Labute approximate surface area is 103 Å². The zero-order chi connectivity index (χ0) is 11.5. The fourth-order valence-corrected chi connectivity index (χ4v) is 2.74. The molecule has 0 aromatic heterocycles. The smallest absolute Gasteiger partial charge is 0.0408 e. The molecule has 1 aromatic rings. The number of benzene rings is 1. The van der Waals surface area contributed by atoms with E-state index < -0.39 is 0 Å². The third kappa shape index (κ3) is 2.41. The van der Waals surface area contributed by atoms with Gasteiger partial charge in [-0.15, -0.1) is 0 Å². The fraction of sp³-hybridized carbons (Fsp3) is 0.571. The number of hydrogen-bond donors (Lipinski definition) is 1. The molecular weight excluding hydrogens is 218 g/mol. The third-order valence-electron chi connectivity index (χ3n) is 3.61. The molecule has 0 aliphatic heterocycles. The van der Waals surface area contributed by atoms with Crippen molar-refractivity contribution in [3.8, 4) is 0 Å². The normalized spacial score (nSPS) is 18.2. The summed E-state index contributed by atoms with van der Waals surface area (Å²) in [5.41, 5.74) is 2.74. The molecule has 0 amide bonds. The molecule has 1 saturated carbocycles. The summed E-state index contributed by atoms with van der Waals surface area (Å²) in [5, 5.41) is 4.46. The van der Waals surface area contributed by atoms with Crippen molar-refractivity contribution in [2.75, 3.05) is 6.54 Å². The van der Waals surface area contributed by atoms with Gasteiger partial charge >= 0.3 is 0 Å². The van der Waals surface area contributed by atoms with Crippen molar-refractivity contribution in [3.05, 3.63) is 34.3 Å². The summed E-state index contributed by atoms with van der Waals surface area (Å²) in [5.74, 6) is 0.819. The number of nitrogens with one attached hydrogen (secondary N) is 1. The molecule has 1 aliphatic rings. The van der Waals surface area contributed by atoms with Crippen LogP contribution >= 0.6 is 11.6 Å². The van der Waals surface area contributed by atoms with Crippen molar-refractivity contribution in [2.45, 2.75) is 39.2 Å². The van der Waals surface area contributed by atoms with E-state index in [1.54, 1.807) is 0 Å². The van der Waals surface area contributed by atoms with Crippen LogP contribution in [0.2, 0.25) is 5.02 Å². The van der Waals surface area contributed by atoms with Gasteiger partial charge in [0.15, 0.2) is 0 Å². The molecule has 88 valence electrons. The molecule has 2 rings (SSSR count). The maximum atomic E-state index is 6.01. The van der Waals surface area contributed by atoms with Gasteiger partial charge in [-0.05, 0) is 55.5 Å². The van der Waals surface area contributed by atoms with Crippen LogP contribution in [0.4, 0.5) is 0 Å². The average Bonchev–Trinajstić information content (AvgIpc) is 2.14. The summed E-state index contributed by atoms with van der Waals surface area (Å²) < 4.78 is 0. The van der Waals surface area contributed by atoms with Crippen LogP contribution in [0.5, 0.6) is 0 Å². The SMILES string of the molecule is CCNC(c1ccc(Cl)cc1C)C1CCC1. The van der Waals surface area contributed by atoms with E-state index in [0.717, 1.165) is 17.5 Å². The van der Waals surface area contributed by atoms with E-state index in [2.05, 4.69) is 31.3 Å². The Bertz CT molecular complexity index is 358. The van der Waals surface area contributed by atoms with Crippen molar-refractivity contribution < 1.29 is 0 Å². The zero-order valence-electron chi connectivity index (χ0n) is 10.1. The molecule has 1 unspecified atom stereocenters. The van der Waals surface area contributed by atoms with Crippen molar-refractivity contribution >= 4 is 11.6 Å². The first-order chi connectivity index (χ1) is 7.72. The Morgan fingerprint density at radius 1 is 1.44 bits per heavy atom. The number of rotatable bonds is 4. The van der Waals surface area contributed by atoms with Gasteiger partial charge in [-0.1, -0.05) is 31.0 Å². The fourth-order valence-electron chi connectivity index (χ4n) is 2.51. The lowest BCUT2D eigenvalue weighted by Gasteiger charge is -2.35. The highest BCUT2D eigenvalue weighted by Crippen LogP contribution is 2.38. The summed E-state index contributed by atoms with van der Waals surface area (Å²) in [6.07, 6.45) is 4.11. The highest BCUT2D eigenvalue weighted by Gasteiger charge is 2.28. The molecule has 0 heterocycles. The predicted octanol–water partition coefficient (Wildman–Crippen LogP) is 4.10. The maximum absolute atomic E-state index is 6.01. The molecule has 1 nitrogen and oxygen atoms in total. The van der Waals surface area contributed by atoms with E-state index in [4.69, 9.17) is 11.6 Å². The molecule has 0 saturated heterocycles. The molecule has 1 aliphatic carbocycles. The minimum Gasteiger partial charge on any atom is -0.310 e. The molecule has 0 radical (unpaired) electrons. The second-order valence-electron chi connectivity index (χ2n) is 4.73. The Morgan fingerprint density at radius 2 is 2.19 bits per heavy atom. The summed E-state index contributed by atoms with van der Waals surface area (Å²) in [6, 6.07) is 6.78. The zero-order valence-corrected chi connectivity index (χ0v) is 10.8. The van der Waals surface area contributed by atoms with E-state index in [-0.39, 0.29) is 0 Å². The lowest BCUT2D eigenvalue weighted by atomic mass is 9.76. The van der Waals surface area contributed by atoms with Gasteiger partial charge in [0.25, 0.3) is 0 Å².